The number of imide groups is 1. The number of aliphatic hydroxyl groups excluding tert-OH is 1. The average Bonchev–Trinajstić information content (AvgIpc) is 2.31. The van der Waals surface area contributed by atoms with E-state index in [-0.39, 0.29) is 24.8 Å². The molecule has 1 aliphatic heterocycles. The lowest BCUT2D eigenvalue weighted by Crippen LogP contribution is -2.19. The maximum Gasteiger partial charge on any atom is 0.253 e. The fraction of sp³-hybridized carbons (Fsp3) is 0.500. The zero-order chi connectivity index (χ0) is 8.97. The van der Waals surface area contributed by atoms with Crippen LogP contribution in [0.1, 0.15) is 19.3 Å². The van der Waals surface area contributed by atoms with Crippen molar-refractivity contribution < 1.29 is 14.7 Å². The standard InChI is InChI=1S/C8H11NO3/c10-4-2-1-3-6-5-7(11)9-8(6)12/h3,10H,1-2,4-5H2,(H,9,11,12)/b6-3+. The topological polar surface area (TPSA) is 66.4 Å². The molecule has 1 rings (SSSR count). The quantitative estimate of drug-likeness (QED) is 0.347. The van der Waals surface area contributed by atoms with E-state index in [1.165, 1.54) is 0 Å². The van der Waals surface area contributed by atoms with Gasteiger partial charge in [0.1, 0.15) is 0 Å². The molecule has 1 fully saturated rings. The zero-order valence-electron chi connectivity index (χ0n) is 6.67. The van der Waals surface area contributed by atoms with Crippen molar-refractivity contribution in [1.29, 1.82) is 0 Å². The highest BCUT2D eigenvalue weighted by Gasteiger charge is 2.22. The van der Waals surface area contributed by atoms with Crippen molar-refractivity contribution in [3.05, 3.63) is 11.6 Å². The summed E-state index contributed by atoms with van der Waals surface area (Å²) in [6, 6.07) is 0. The Bertz CT molecular complexity index is 232. The van der Waals surface area contributed by atoms with Crippen LogP contribution >= 0.6 is 0 Å². The predicted octanol–water partition coefficient (Wildman–Crippen LogP) is -0.268. The fourth-order valence-electron chi connectivity index (χ4n) is 1.04. The number of allylic oxidation sites excluding steroid dienone is 1. The van der Waals surface area contributed by atoms with Crippen molar-refractivity contribution in [2.75, 3.05) is 6.61 Å². The molecule has 0 radical (unpaired) electrons. The highest BCUT2D eigenvalue weighted by molar-refractivity contribution is 6.13. The molecule has 0 aromatic carbocycles. The molecular weight excluding hydrogens is 158 g/mol. The predicted molar refractivity (Wildman–Crippen MR) is 42.2 cm³/mol. The molecule has 0 unspecified atom stereocenters. The first kappa shape index (κ1) is 8.93. The van der Waals surface area contributed by atoms with Crippen LogP contribution in [0.2, 0.25) is 0 Å². The molecule has 1 heterocycles. The number of hydrogen-bond acceptors (Lipinski definition) is 3. The molecule has 2 N–H and O–H groups in total. The van der Waals surface area contributed by atoms with Crippen LogP contribution in [-0.4, -0.2) is 23.5 Å². The summed E-state index contributed by atoms with van der Waals surface area (Å²) in [4.78, 5) is 21.6. The molecular formula is C8H11NO3. The zero-order valence-corrected chi connectivity index (χ0v) is 6.67. The van der Waals surface area contributed by atoms with Gasteiger partial charge in [-0.2, -0.15) is 0 Å². The third-order valence-corrected chi connectivity index (χ3v) is 1.65. The fourth-order valence-corrected chi connectivity index (χ4v) is 1.04. The summed E-state index contributed by atoms with van der Waals surface area (Å²) in [5.41, 5.74) is 0.522. The van der Waals surface area contributed by atoms with Crippen LogP contribution in [0.25, 0.3) is 0 Å². The minimum Gasteiger partial charge on any atom is -0.396 e. The maximum atomic E-state index is 10.9. The Morgan fingerprint density at radius 3 is 2.75 bits per heavy atom. The van der Waals surface area contributed by atoms with Crippen molar-refractivity contribution in [3.8, 4) is 0 Å². The van der Waals surface area contributed by atoms with Crippen LogP contribution < -0.4 is 5.32 Å². The summed E-state index contributed by atoms with van der Waals surface area (Å²) >= 11 is 0. The normalized spacial score (nSPS) is 20.2. The summed E-state index contributed by atoms with van der Waals surface area (Å²) in [7, 11) is 0. The number of amides is 2. The lowest BCUT2D eigenvalue weighted by atomic mass is 10.1. The van der Waals surface area contributed by atoms with Crippen LogP contribution in [0, 0.1) is 0 Å². The van der Waals surface area contributed by atoms with Gasteiger partial charge in [-0.25, -0.2) is 0 Å². The van der Waals surface area contributed by atoms with Crippen molar-refractivity contribution in [1.82, 2.24) is 5.32 Å². The van der Waals surface area contributed by atoms with Crippen LogP contribution in [0.4, 0.5) is 0 Å². The highest BCUT2D eigenvalue weighted by Crippen LogP contribution is 2.10. The number of hydrogen-bond donors (Lipinski definition) is 2. The summed E-state index contributed by atoms with van der Waals surface area (Å²) in [5, 5.41) is 10.6. The Morgan fingerprint density at radius 1 is 1.50 bits per heavy atom. The van der Waals surface area contributed by atoms with Crippen molar-refractivity contribution >= 4 is 11.8 Å². The van der Waals surface area contributed by atoms with Crippen LogP contribution in [0.5, 0.6) is 0 Å². The average molecular weight is 169 g/mol. The lowest BCUT2D eigenvalue weighted by Gasteiger charge is -1.91. The van der Waals surface area contributed by atoms with E-state index in [1.54, 1.807) is 6.08 Å². The van der Waals surface area contributed by atoms with Gasteiger partial charge in [-0.15, -0.1) is 0 Å². The molecule has 0 aromatic rings. The van der Waals surface area contributed by atoms with Gasteiger partial charge >= 0.3 is 0 Å². The summed E-state index contributed by atoms with van der Waals surface area (Å²) in [6.45, 7) is 0.110. The van der Waals surface area contributed by atoms with Gasteiger partial charge in [0.15, 0.2) is 0 Å². The first-order valence-corrected chi connectivity index (χ1v) is 3.88. The van der Waals surface area contributed by atoms with E-state index in [2.05, 4.69) is 5.32 Å². The van der Waals surface area contributed by atoms with Gasteiger partial charge in [0.05, 0.1) is 6.42 Å². The molecule has 0 bridgehead atoms. The third-order valence-electron chi connectivity index (χ3n) is 1.65. The van der Waals surface area contributed by atoms with Gasteiger partial charge in [-0.05, 0) is 12.8 Å². The second kappa shape index (κ2) is 4.01. The van der Waals surface area contributed by atoms with E-state index in [0.717, 1.165) is 0 Å². The van der Waals surface area contributed by atoms with Crippen molar-refractivity contribution in [2.45, 2.75) is 19.3 Å². The third kappa shape index (κ3) is 2.17. The molecule has 1 aliphatic rings. The summed E-state index contributed by atoms with van der Waals surface area (Å²) < 4.78 is 0. The van der Waals surface area contributed by atoms with Gasteiger partial charge in [-0.1, -0.05) is 6.08 Å². The van der Waals surface area contributed by atoms with Gasteiger partial charge in [-0.3, -0.25) is 14.9 Å². The van der Waals surface area contributed by atoms with Crippen LogP contribution in [0.3, 0.4) is 0 Å². The molecule has 0 saturated carbocycles. The largest absolute Gasteiger partial charge is 0.396 e. The van der Waals surface area contributed by atoms with Gasteiger partial charge in [0.2, 0.25) is 5.91 Å². The Balaban J connectivity index is 2.46. The van der Waals surface area contributed by atoms with Gasteiger partial charge in [0.25, 0.3) is 5.91 Å². The highest BCUT2D eigenvalue weighted by atomic mass is 16.3. The molecule has 4 heteroatoms. The molecule has 12 heavy (non-hydrogen) atoms. The van der Waals surface area contributed by atoms with Gasteiger partial charge in [0, 0.05) is 12.2 Å². The van der Waals surface area contributed by atoms with Crippen molar-refractivity contribution in [3.63, 3.8) is 0 Å². The minimum absolute atomic E-state index is 0.110. The van der Waals surface area contributed by atoms with E-state index in [1.807, 2.05) is 0 Å². The number of unbranched alkanes of at least 4 members (excludes halogenated alkanes) is 1. The van der Waals surface area contributed by atoms with Gasteiger partial charge < -0.3 is 5.11 Å². The van der Waals surface area contributed by atoms with E-state index < -0.39 is 0 Å². The number of aliphatic hydroxyl groups is 1. The van der Waals surface area contributed by atoms with Crippen LogP contribution in [-0.2, 0) is 9.59 Å². The molecule has 0 atom stereocenters. The Labute approximate surface area is 70.3 Å². The molecule has 0 spiro atoms. The molecule has 2 amide bonds. The lowest BCUT2D eigenvalue weighted by molar-refractivity contribution is -0.124. The number of rotatable bonds is 3. The minimum atomic E-state index is -0.294. The van der Waals surface area contributed by atoms with Crippen molar-refractivity contribution in [2.24, 2.45) is 0 Å². The van der Waals surface area contributed by atoms with E-state index in [0.29, 0.717) is 18.4 Å². The maximum absolute atomic E-state index is 10.9. The number of carbonyl (C=O) groups excluding carboxylic acids is 2. The monoisotopic (exact) mass is 169 g/mol. The molecule has 0 aliphatic carbocycles. The smallest absolute Gasteiger partial charge is 0.253 e. The van der Waals surface area contributed by atoms with E-state index in [9.17, 15) is 9.59 Å². The second-order valence-electron chi connectivity index (χ2n) is 2.65. The molecule has 0 aromatic heterocycles. The van der Waals surface area contributed by atoms with E-state index >= 15 is 0 Å². The summed E-state index contributed by atoms with van der Waals surface area (Å²) in [5.74, 6) is -0.534. The first-order chi connectivity index (χ1) is 5.74. The second-order valence-corrected chi connectivity index (χ2v) is 2.65. The Kier molecular flexibility index (Phi) is 2.99. The summed E-state index contributed by atoms with van der Waals surface area (Å²) in [6.07, 6.45) is 3.16. The van der Waals surface area contributed by atoms with E-state index in [4.69, 9.17) is 5.11 Å². The van der Waals surface area contributed by atoms with Crippen LogP contribution in [0.15, 0.2) is 11.6 Å². The molecule has 4 nitrogen and oxygen atoms in total. The Hall–Kier alpha value is -1.16. The SMILES string of the molecule is O=C1C/C(=C\CCCO)C(=O)N1. The number of carbonyl (C=O) groups is 2. The Morgan fingerprint density at radius 2 is 2.25 bits per heavy atom. The molecule has 1 saturated heterocycles. The first-order valence-electron chi connectivity index (χ1n) is 3.88. The number of nitrogens with one attached hydrogen (secondary N) is 1. The molecule has 66 valence electrons.